The zero-order valence-corrected chi connectivity index (χ0v) is 17.9. The Hall–Kier alpha value is -1.12. The van der Waals surface area contributed by atoms with Gasteiger partial charge in [-0.25, -0.2) is 17.9 Å². The van der Waals surface area contributed by atoms with Crippen LogP contribution in [0.25, 0.3) is 0 Å². The van der Waals surface area contributed by atoms with Gasteiger partial charge in [-0.1, -0.05) is 28.1 Å². The second-order valence-corrected chi connectivity index (χ2v) is 9.78. The molecule has 1 aliphatic heterocycles. The van der Waals surface area contributed by atoms with Crippen molar-refractivity contribution in [3.63, 3.8) is 0 Å². The molecule has 1 amide bonds. The number of nitrogens with one attached hydrogen (secondary N) is 1. The number of ether oxygens (including phenoxy) is 1. The molecular weight excluding hydrogens is 420 g/mol. The Balaban J connectivity index is 2.03. The summed E-state index contributed by atoms with van der Waals surface area (Å²) < 4.78 is 33.1. The first-order valence-corrected chi connectivity index (χ1v) is 11.4. The topological polar surface area (TPSA) is 75.7 Å². The summed E-state index contributed by atoms with van der Waals surface area (Å²) in [6, 6.07) is 6.53. The summed E-state index contributed by atoms with van der Waals surface area (Å²) in [5.74, 6) is 0. The van der Waals surface area contributed by atoms with Gasteiger partial charge in [0.05, 0.1) is 4.90 Å². The molecule has 0 unspecified atom stereocenters. The summed E-state index contributed by atoms with van der Waals surface area (Å²) in [5.41, 5.74) is 0.433. The van der Waals surface area contributed by atoms with E-state index in [9.17, 15) is 13.2 Å². The summed E-state index contributed by atoms with van der Waals surface area (Å²) >= 11 is 3.34. The summed E-state index contributed by atoms with van der Waals surface area (Å²) in [5, 5.41) is 0.674. The fourth-order valence-electron chi connectivity index (χ4n) is 2.82. The van der Waals surface area contributed by atoms with E-state index in [-0.39, 0.29) is 23.6 Å². The average Bonchev–Trinajstić information content (AvgIpc) is 2.59. The number of alkyl halides is 1. The Bertz CT molecular complexity index is 714. The molecule has 26 heavy (non-hydrogen) atoms. The third-order valence-corrected chi connectivity index (χ3v) is 6.24. The molecule has 0 saturated carbocycles. The van der Waals surface area contributed by atoms with E-state index >= 15 is 0 Å². The minimum atomic E-state index is -3.61. The van der Waals surface area contributed by atoms with Crippen molar-refractivity contribution < 1.29 is 17.9 Å². The first kappa shape index (κ1) is 21.2. The van der Waals surface area contributed by atoms with E-state index in [1.807, 2.05) is 20.8 Å². The third-order valence-electron chi connectivity index (χ3n) is 4.15. The number of benzene rings is 1. The number of hydrogen-bond donors (Lipinski definition) is 1. The van der Waals surface area contributed by atoms with E-state index in [1.165, 1.54) is 0 Å². The Morgan fingerprint density at radius 1 is 1.27 bits per heavy atom. The van der Waals surface area contributed by atoms with Gasteiger partial charge < -0.3 is 9.64 Å². The van der Waals surface area contributed by atoms with Crippen molar-refractivity contribution in [1.29, 1.82) is 0 Å². The number of carbonyl (C=O) groups excluding carboxylic acids is 1. The maximum absolute atomic E-state index is 12.5. The van der Waals surface area contributed by atoms with Crippen LogP contribution in [-0.2, 0) is 20.1 Å². The second kappa shape index (κ2) is 8.71. The molecule has 146 valence electrons. The highest BCUT2D eigenvalue weighted by Crippen LogP contribution is 2.21. The molecule has 1 N–H and O–H groups in total. The maximum Gasteiger partial charge on any atom is 0.410 e. The van der Waals surface area contributed by atoms with E-state index in [0.717, 1.165) is 24.8 Å². The minimum Gasteiger partial charge on any atom is -0.444 e. The van der Waals surface area contributed by atoms with Crippen LogP contribution in [0.1, 0.15) is 45.6 Å². The first-order valence-electron chi connectivity index (χ1n) is 8.76. The molecule has 0 radical (unpaired) electrons. The summed E-state index contributed by atoms with van der Waals surface area (Å²) in [7, 11) is -3.61. The highest BCUT2D eigenvalue weighted by atomic mass is 79.9. The number of hydrogen-bond acceptors (Lipinski definition) is 4. The molecule has 0 spiro atoms. The predicted molar refractivity (Wildman–Crippen MR) is 105 cm³/mol. The van der Waals surface area contributed by atoms with E-state index in [2.05, 4.69) is 20.7 Å². The zero-order valence-electron chi connectivity index (χ0n) is 15.5. The standard InChI is InChI=1S/C18H27BrN2O4S/c1-18(2,3)25-17(22)21-11-5-4-6-15(21)13-20-26(23,24)16-9-7-14(12-19)8-10-16/h7-10,15,20H,4-6,11-13H2,1-3H3/t15-/m0/s1. The molecule has 0 bridgehead atoms. The van der Waals surface area contributed by atoms with Crippen LogP contribution in [0.2, 0.25) is 0 Å². The lowest BCUT2D eigenvalue weighted by Gasteiger charge is -2.36. The molecule has 6 nitrogen and oxygen atoms in total. The Morgan fingerprint density at radius 3 is 2.50 bits per heavy atom. The van der Waals surface area contributed by atoms with Gasteiger partial charge in [-0.15, -0.1) is 0 Å². The summed E-state index contributed by atoms with van der Waals surface area (Å²) in [4.78, 5) is 14.3. The minimum absolute atomic E-state index is 0.182. The number of amides is 1. The van der Waals surface area contributed by atoms with Gasteiger partial charge in [0.25, 0.3) is 0 Å². The van der Waals surface area contributed by atoms with E-state index in [0.29, 0.717) is 11.9 Å². The predicted octanol–water partition coefficient (Wildman–Crippen LogP) is 3.65. The molecule has 1 aliphatic rings. The quantitative estimate of drug-likeness (QED) is 0.700. The fraction of sp³-hybridized carbons (Fsp3) is 0.611. The van der Waals surface area contributed by atoms with Crippen molar-refractivity contribution >= 4 is 32.0 Å². The summed E-state index contributed by atoms with van der Waals surface area (Å²) in [6.07, 6.45) is 2.23. The highest BCUT2D eigenvalue weighted by Gasteiger charge is 2.31. The van der Waals surface area contributed by atoms with Crippen LogP contribution < -0.4 is 4.72 Å². The number of piperidine rings is 1. The van der Waals surface area contributed by atoms with E-state index < -0.39 is 15.6 Å². The van der Waals surface area contributed by atoms with Gasteiger partial charge in [0.15, 0.2) is 0 Å². The smallest absolute Gasteiger partial charge is 0.410 e. The number of nitrogens with zero attached hydrogens (tertiary/aromatic N) is 1. The lowest BCUT2D eigenvalue weighted by Crippen LogP contribution is -2.50. The van der Waals surface area contributed by atoms with Crippen LogP contribution in [0.5, 0.6) is 0 Å². The van der Waals surface area contributed by atoms with Crippen molar-refractivity contribution in [2.24, 2.45) is 0 Å². The van der Waals surface area contributed by atoms with Gasteiger partial charge in [0.2, 0.25) is 10.0 Å². The third kappa shape index (κ3) is 5.96. The molecule has 1 aromatic carbocycles. The summed E-state index contributed by atoms with van der Waals surface area (Å²) in [6.45, 7) is 6.23. The monoisotopic (exact) mass is 446 g/mol. The van der Waals surface area contributed by atoms with Gasteiger partial charge >= 0.3 is 6.09 Å². The van der Waals surface area contributed by atoms with Crippen LogP contribution in [0, 0.1) is 0 Å². The molecule has 1 aromatic rings. The second-order valence-electron chi connectivity index (χ2n) is 7.45. The van der Waals surface area contributed by atoms with E-state index in [1.54, 1.807) is 29.2 Å². The molecule has 1 heterocycles. The molecular formula is C18H27BrN2O4S. The largest absolute Gasteiger partial charge is 0.444 e. The number of rotatable bonds is 5. The number of likely N-dealkylation sites (tertiary alicyclic amines) is 1. The van der Waals surface area contributed by atoms with Gasteiger partial charge in [0.1, 0.15) is 5.60 Å². The molecule has 8 heteroatoms. The SMILES string of the molecule is CC(C)(C)OC(=O)N1CCCC[C@H]1CNS(=O)(=O)c1ccc(CBr)cc1. The first-order chi connectivity index (χ1) is 12.1. The fourth-order valence-corrected chi connectivity index (χ4v) is 4.27. The highest BCUT2D eigenvalue weighted by molar-refractivity contribution is 9.08. The van der Waals surface area contributed by atoms with Crippen molar-refractivity contribution in [1.82, 2.24) is 9.62 Å². The Morgan fingerprint density at radius 2 is 1.92 bits per heavy atom. The number of sulfonamides is 1. The van der Waals surface area contributed by atoms with Gasteiger partial charge in [0, 0.05) is 24.5 Å². The molecule has 1 atom stereocenters. The molecule has 0 aromatic heterocycles. The number of halogens is 1. The van der Waals surface area contributed by atoms with Crippen LogP contribution in [0.3, 0.4) is 0 Å². The normalized spacial score (nSPS) is 18.6. The Labute approximate surface area is 164 Å². The lowest BCUT2D eigenvalue weighted by molar-refractivity contribution is 0.0105. The van der Waals surface area contributed by atoms with Crippen LogP contribution >= 0.6 is 15.9 Å². The molecule has 0 aliphatic carbocycles. The average molecular weight is 447 g/mol. The van der Waals surface area contributed by atoms with Gasteiger partial charge in [-0.2, -0.15) is 0 Å². The Kier molecular flexibility index (Phi) is 7.10. The molecule has 1 saturated heterocycles. The van der Waals surface area contributed by atoms with Crippen LogP contribution in [0.4, 0.5) is 4.79 Å². The number of carbonyl (C=O) groups is 1. The van der Waals surface area contributed by atoms with E-state index in [4.69, 9.17) is 4.74 Å². The van der Waals surface area contributed by atoms with Gasteiger partial charge in [-0.3, -0.25) is 0 Å². The lowest BCUT2D eigenvalue weighted by atomic mass is 10.0. The maximum atomic E-state index is 12.5. The van der Waals surface area contributed by atoms with Crippen molar-refractivity contribution in [3.8, 4) is 0 Å². The molecule has 2 rings (SSSR count). The zero-order chi connectivity index (χ0) is 19.4. The molecule has 1 fully saturated rings. The van der Waals surface area contributed by atoms with Gasteiger partial charge in [-0.05, 0) is 57.7 Å². The van der Waals surface area contributed by atoms with Crippen LogP contribution in [-0.4, -0.2) is 44.1 Å². The van der Waals surface area contributed by atoms with Crippen molar-refractivity contribution in [2.75, 3.05) is 13.1 Å². The van der Waals surface area contributed by atoms with Crippen molar-refractivity contribution in [2.45, 2.75) is 61.9 Å². The van der Waals surface area contributed by atoms with Crippen molar-refractivity contribution in [3.05, 3.63) is 29.8 Å². The van der Waals surface area contributed by atoms with Crippen LogP contribution in [0.15, 0.2) is 29.2 Å².